The van der Waals surface area contributed by atoms with E-state index < -0.39 is 0 Å². The van der Waals surface area contributed by atoms with Gasteiger partial charge in [0.1, 0.15) is 0 Å². The van der Waals surface area contributed by atoms with Gasteiger partial charge in [-0.3, -0.25) is 0 Å². The van der Waals surface area contributed by atoms with Crippen molar-refractivity contribution < 1.29 is 0 Å². The third-order valence-electron chi connectivity index (χ3n) is 2.39. The third-order valence-corrected chi connectivity index (χ3v) is 2.39. The summed E-state index contributed by atoms with van der Waals surface area (Å²) >= 11 is 0. The van der Waals surface area contributed by atoms with Crippen molar-refractivity contribution >= 4 is 0 Å². The molecule has 0 aliphatic rings. The normalized spacial score (nSPS) is 12.0. The molecule has 0 spiro atoms. The van der Waals surface area contributed by atoms with E-state index in [2.05, 4.69) is 37.2 Å². The van der Waals surface area contributed by atoms with Crippen LogP contribution in [0.4, 0.5) is 0 Å². The Kier molecular flexibility index (Phi) is 3.73. The van der Waals surface area contributed by atoms with Gasteiger partial charge in [-0.05, 0) is 24.7 Å². The van der Waals surface area contributed by atoms with Crippen LogP contribution in [0.3, 0.4) is 0 Å². The molecule has 0 atom stereocenters. The summed E-state index contributed by atoms with van der Waals surface area (Å²) in [6.07, 6.45) is 7.49. The minimum Gasteiger partial charge on any atom is -0.335 e. The zero-order chi connectivity index (χ0) is 10.6. The number of rotatable bonds is 4. The Bertz CT molecular complexity index is 268. The first-order valence-corrected chi connectivity index (χ1v) is 5.52. The first kappa shape index (κ1) is 11.3. The van der Waals surface area contributed by atoms with Crippen LogP contribution >= 0.6 is 0 Å². The van der Waals surface area contributed by atoms with Crippen LogP contribution in [0, 0.1) is 5.41 Å². The topological polar surface area (TPSA) is 17.8 Å². The molecule has 0 aliphatic heterocycles. The molecule has 0 N–H and O–H groups in total. The Hall–Kier alpha value is -0.790. The van der Waals surface area contributed by atoms with E-state index in [0.717, 1.165) is 13.0 Å². The lowest BCUT2D eigenvalue weighted by Crippen LogP contribution is -2.09. The van der Waals surface area contributed by atoms with Gasteiger partial charge < -0.3 is 4.57 Å². The SMILES string of the molecule is CCCn1cncc1CCC(C)(C)C. The van der Waals surface area contributed by atoms with E-state index in [9.17, 15) is 0 Å². The van der Waals surface area contributed by atoms with E-state index in [1.165, 1.54) is 18.5 Å². The lowest BCUT2D eigenvalue weighted by Gasteiger charge is -2.18. The number of imidazole rings is 1. The highest BCUT2D eigenvalue weighted by molar-refractivity contribution is 4.99. The lowest BCUT2D eigenvalue weighted by molar-refractivity contribution is 0.373. The Labute approximate surface area is 87.4 Å². The van der Waals surface area contributed by atoms with Crippen LogP contribution in [0.15, 0.2) is 12.5 Å². The highest BCUT2D eigenvalue weighted by Gasteiger charge is 2.11. The fourth-order valence-electron chi connectivity index (χ4n) is 1.50. The highest BCUT2D eigenvalue weighted by Crippen LogP contribution is 2.21. The van der Waals surface area contributed by atoms with Crippen molar-refractivity contribution in [2.75, 3.05) is 0 Å². The maximum Gasteiger partial charge on any atom is 0.0948 e. The minimum absolute atomic E-state index is 0.418. The van der Waals surface area contributed by atoms with Crippen LogP contribution < -0.4 is 0 Å². The van der Waals surface area contributed by atoms with Crippen molar-refractivity contribution in [2.24, 2.45) is 5.41 Å². The van der Waals surface area contributed by atoms with Crippen LogP contribution in [-0.2, 0) is 13.0 Å². The number of aryl methyl sites for hydroxylation is 2. The van der Waals surface area contributed by atoms with Crippen molar-refractivity contribution in [1.29, 1.82) is 0 Å². The number of hydrogen-bond donors (Lipinski definition) is 0. The summed E-state index contributed by atoms with van der Waals surface area (Å²) in [7, 11) is 0. The molecule has 80 valence electrons. The summed E-state index contributed by atoms with van der Waals surface area (Å²) in [5.41, 5.74) is 1.79. The van der Waals surface area contributed by atoms with Gasteiger partial charge in [-0.15, -0.1) is 0 Å². The largest absolute Gasteiger partial charge is 0.335 e. The molecule has 0 fully saturated rings. The summed E-state index contributed by atoms with van der Waals surface area (Å²) in [5, 5.41) is 0. The summed E-state index contributed by atoms with van der Waals surface area (Å²) < 4.78 is 2.27. The highest BCUT2D eigenvalue weighted by atomic mass is 15.0. The molecule has 2 heteroatoms. The molecule has 0 aliphatic carbocycles. The fraction of sp³-hybridized carbons (Fsp3) is 0.750. The fourth-order valence-corrected chi connectivity index (χ4v) is 1.50. The molecule has 0 radical (unpaired) electrons. The van der Waals surface area contributed by atoms with Gasteiger partial charge in [0.2, 0.25) is 0 Å². The van der Waals surface area contributed by atoms with E-state index in [4.69, 9.17) is 0 Å². The molecule has 14 heavy (non-hydrogen) atoms. The molecule has 0 aromatic carbocycles. The molecule has 0 saturated heterocycles. The second-order valence-electron chi connectivity index (χ2n) is 5.14. The second-order valence-corrected chi connectivity index (χ2v) is 5.14. The average Bonchev–Trinajstić information content (AvgIpc) is 2.48. The molecular weight excluding hydrogens is 172 g/mol. The van der Waals surface area contributed by atoms with Crippen LogP contribution in [0.1, 0.15) is 46.2 Å². The van der Waals surface area contributed by atoms with Crippen molar-refractivity contribution in [3.8, 4) is 0 Å². The smallest absolute Gasteiger partial charge is 0.0948 e. The summed E-state index contributed by atoms with van der Waals surface area (Å²) in [6, 6.07) is 0. The van der Waals surface area contributed by atoms with Gasteiger partial charge >= 0.3 is 0 Å². The predicted octanol–water partition coefficient (Wildman–Crippen LogP) is 3.27. The zero-order valence-electron chi connectivity index (χ0n) is 9.88. The molecule has 1 aromatic heterocycles. The first-order chi connectivity index (χ1) is 6.53. The van der Waals surface area contributed by atoms with Crippen LogP contribution in [0.5, 0.6) is 0 Å². The standard InChI is InChI=1S/C12H22N2/c1-5-8-14-10-13-9-11(14)6-7-12(2,3)4/h9-10H,5-8H2,1-4H3. The maximum absolute atomic E-state index is 4.20. The van der Waals surface area contributed by atoms with Crippen LogP contribution in [0.2, 0.25) is 0 Å². The van der Waals surface area contributed by atoms with Crippen molar-refractivity contribution in [3.63, 3.8) is 0 Å². The predicted molar refractivity (Wildman–Crippen MR) is 60.3 cm³/mol. The van der Waals surface area contributed by atoms with Gasteiger partial charge in [0.05, 0.1) is 6.33 Å². The van der Waals surface area contributed by atoms with Crippen LogP contribution in [0.25, 0.3) is 0 Å². The molecule has 0 unspecified atom stereocenters. The first-order valence-electron chi connectivity index (χ1n) is 5.52. The molecule has 0 saturated carbocycles. The molecule has 1 heterocycles. The maximum atomic E-state index is 4.20. The van der Waals surface area contributed by atoms with E-state index in [0.29, 0.717) is 5.41 Å². The van der Waals surface area contributed by atoms with E-state index in [1.54, 1.807) is 0 Å². The molecule has 0 bridgehead atoms. The number of aromatic nitrogens is 2. The summed E-state index contributed by atoms with van der Waals surface area (Å²) in [5.74, 6) is 0. The van der Waals surface area contributed by atoms with E-state index in [1.807, 2.05) is 12.5 Å². The molecule has 0 amide bonds. The molecule has 1 rings (SSSR count). The Morgan fingerprint density at radius 3 is 2.64 bits per heavy atom. The van der Waals surface area contributed by atoms with Gasteiger partial charge in [0, 0.05) is 18.4 Å². The van der Waals surface area contributed by atoms with Gasteiger partial charge in [0.15, 0.2) is 0 Å². The quantitative estimate of drug-likeness (QED) is 0.719. The third kappa shape index (κ3) is 3.52. The number of nitrogens with zero attached hydrogens (tertiary/aromatic N) is 2. The molecular formula is C12H22N2. The van der Waals surface area contributed by atoms with Crippen molar-refractivity contribution in [3.05, 3.63) is 18.2 Å². The van der Waals surface area contributed by atoms with Gasteiger partial charge in [-0.2, -0.15) is 0 Å². The van der Waals surface area contributed by atoms with Crippen molar-refractivity contribution in [2.45, 2.75) is 53.5 Å². The summed E-state index contributed by atoms with van der Waals surface area (Å²) in [6.45, 7) is 10.2. The molecule has 2 nitrogen and oxygen atoms in total. The minimum atomic E-state index is 0.418. The van der Waals surface area contributed by atoms with Gasteiger partial charge in [0.25, 0.3) is 0 Å². The van der Waals surface area contributed by atoms with E-state index in [-0.39, 0.29) is 0 Å². The average molecular weight is 194 g/mol. The van der Waals surface area contributed by atoms with Gasteiger partial charge in [-0.1, -0.05) is 27.7 Å². The zero-order valence-corrected chi connectivity index (χ0v) is 9.88. The monoisotopic (exact) mass is 194 g/mol. The van der Waals surface area contributed by atoms with Crippen LogP contribution in [-0.4, -0.2) is 9.55 Å². The Morgan fingerprint density at radius 1 is 1.36 bits per heavy atom. The van der Waals surface area contributed by atoms with Gasteiger partial charge in [-0.25, -0.2) is 4.98 Å². The number of hydrogen-bond acceptors (Lipinski definition) is 1. The Balaban J connectivity index is 2.53. The summed E-state index contributed by atoms with van der Waals surface area (Å²) in [4.78, 5) is 4.20. The second kappa shape index (κ2) is 4.63. The Morgan fingerprint density at radius 2 is 2.07 bits per heavy atom. The molecule has 1 aromatic rings. The van der Waals surface area contributed by atoms with E-state index >= 15 is 0 Å². The van der Waals surface area contributed by atoms with Crippen molar-refractivity contribution in [1.82, 2.24) is 9.55 Å². The lowest BCUT2D eigenvalue weighted by atomic mass is 9.90.